The molecule has 1 N–H and O–H groups in total. The molecule has 0 bridgehead atoms. The van der Waals surface area contributed by atoms with Crippen LogP contribution in [0, 0.1) is 6.92 Å². The summed E-state index contributed by atoms with van der Waals surface area (Å²) in [6.07, 6.45) is 0. The Bertz CT molecular complexity index is 868. The predicted octanol–water partition coefficient (Wildman–Crippen LogP) is 4.24. The van der Waals surface area contributed by atoms with E-state index in [4.69, 9.17) is 9.72 Å². The first-order chi connectivity index (χ1) is 13.8. The highest BCUT2D eigenvalue weighted by molar-refractivity contribution is 7.13. The molecular formula is C23H27N3OS. The lowest BCUT2D eigenvalue weighted by Gasteiger charge is -2.26. The second-order valence-corrected chi connectivity index (χ2v) is 8.18. The number of nitrogens with zero attached hydrogens (tertiary/aromatic N) is 2. The van der Waals surface area contributed by atoms with Gasteiger partial charge in [-0.1, -0.05) is 54.1 Å². The van der Waals surface area contributed by atoms with Crippen molar-refractivity contribution in [3.63, 3.8) is 0 Å². The molecule has 1 aliphatic heterocycles. The molecule has 3 aromatic rings. The standard InChI is InChI=1S/C23H27N3OS/c1-18-2-8-21(9-3-18)23-25-22(17-28-23)15-24-14-19-4-6-20(7-5-19)16-26-10-12-27-13-11-26/h2-9,17,24H,10-16H2,1H3. The number of nitrogens with one attached hydrogen (secondary N) is 1. The normalized spacial score (nSPS) is 15.0. The Kier molecular flexibility index (Phi) is 6.49. The van der Waals surface area contributed by atoms with Crippen LogP contribution in [0.3, 0.4) is 0 Å². The van der Waals surface area contributed by atoms with Crippen molar-refractivity contribution in [1.29, 1.82) is 0 Å². The summed E-state index contributed by atoms with van der Waals surface area (Å²) < 4.78 is 5.41. The lowest BCUT2D eigenvalue weighted by atomic mass is 10.1. The average Bonchev–Trinajstić information content (AvgIpc) is 3.20. The zero-order chi connectivity index (χ0) is 19.2. The average molecular weight is 394 g/mol. The minimum atomic E-state index is 0.790. The van der Waals surface area contributed by atoms with E-state index in [1.165, 1.54) is 22.3 Å². The van der Waals surface area contributed by atoms with Crippen LogP contribution in [-0.4, -0.2) is 36.2 Å². The molecule has 28 heavy (non-hydrogen) atoms. The Balaban J connectivity index is 1.25. The van der Waals surface area contributed by atoms with Crippen molar-refractivity contribution in [1.82, 2.24) is 15.2 Å². The van der Waals surface area contributed by atoms with Crippen LogP contribution in [0.25, 0.3) is 10.6 Å². The second kappa shape index (κ2) is 9.43. The van der Waals surface area contributed by atoms with E-state index in [1.807, 2.05) is 0 Å². The molecule has 0 atom stereocenters. The number of ether oxygens (including phenoxy) is 1. The van der Waals surface area contributed by atoms with Crippen LogP contribution < -0.4 is 5.32 Å². The quantitative estimate of drug-likeness (QED) is 0.651. The lowest BCUT2D eigenvalue weighted by molar-refractivity contribution is 0.0342. The van der Waals surface area contributed by atoms with Gasteiger partial charge in [0.2, 0.25) is 0 Å². The van der Waals surface area contributed by atoms with Crippen LogP contribution in [-0.2, 0) is 24.4 Å². The van der Waals surface area contributed by atoms with E-state index in [1.54, 1.807) is 11.3 Å². The van der Waals surface area contributed by atoms with E-state index in [0.29, 0.717) is 0 Å². The van der Waals surface area contributed by atoms with Crippen molar-refractivity contribution in [3.05, 3.63) is 76.3 Å². The number of aryl methyl sites for hydroxylation is 1. The summed E-state index contributed by atoms with van der Waals surface area (Å²) >= 11 is 1.71. The van der Waals surface area contributed by atoms with Gasteiger partial charge in [-0.25, -0.2) is 4.98 Å². The van der Waals surface area contributed by atoms with Gasteiger partial charge in [-0.15, -0.1) is 11.3 Å². The summed E-state index contributed by atoms with van der Waals surface area (Å²) in [4.78, 5) is 7.21. The molecule has 0 spiro atoms. The van der Waals surface area contributed by atoms with Crippen LogP contribution >= 0.6 is 11.3 Å². The van der Waals surface area contributed by atoms with Crippen molar-refractivity contribution in [2.75, 3.05) is 26.3 Å². The molecule has 0 aliphatic carbocycles. The van der Waals surface area contributed by atoms with E-state index >= 15 is 0 Å². The Morgan fingerprint density at radius 1 is 0.964 bits per heavy atom. The smallest absolute Gasteiger partial charge is 0.123 e. The van der Waals surface area contributed by atoms with Gasteiger partial charge >= 0.3 is 0 Å². The molecule has 1 fully saturated rings. The first kappa shape index (κ1) is 19.3. The number of benzene rings is 2. The Labute approximate surface area is 171 Å². The second-order valence-electron chi connectivity index (χ2n) is 7.32. The molecule has 2 heterocycles. The zero-order valence-electron chi connectivity index (χ0n) is 16.4. The third-order valence-corrected chi connectivity index (χ3v) is 5.96. The molecule has 1 aliphatic rings. The van der Waals surface area contributed by atoms with E-state index in [9.17, 15) is 0 Å². The largest absolute Gasteiger partial charge is 0.379 e. The SMILES string of the molecule is Cc1ccc(-c2nc(CNCc3ccc(CN4CCOCC4)cc3)cs2)cc1. The number of hydrogen-bond acceptors (Lipinski definition) is 5. The molecule has 4 nitrogen and oxygen atoms in total. The van der Waals surface area contributed by atoms with Crippen molar-refractivity contribution >= 4 is 11.3 Å². The Morgan fingerprint density at radius 3 is 2.43 bits per heavy atom. The Hall–Kier alpha value is -2.05. The van der Waals surface area contributed by atoms with Gasteiger partial charge in [-0.3, -0.25) is 4.90 Å². The van der Waals surface area contributed by atoms with Gasteiger partial charge in [0.1, 0.15) is 5.01 Å². The summed E-state index contributed by atoms with van der Waals surface area (Å²) in [5.74, 6) is 0. The molecule has 0 radical (unpaired) electrons. The van der Waals surface area contributed by atoms with Gasteiger partial charge in [0, 0.05) is 43.7 Å². The highest BCUT2D eigenvalue weighted by Crippen LogP contribution is 2.24. The monoisotopic (exact) mass is 393 g/mol. The summed E-state index contributed by atoms with van der Waals surface area (Å²) in [6, 6.07) is 17.5. The molecule has 4 rings (SSSR count). The summed E-state index contributed by atoms with van der Waals surface area (Å²) in [5, 5.41) is 6.74. The van der Waals surface area contributed by atoms with Crippen LogP contribution in [0.5, 0.6) is 0 Å². The van der Waals surface area contributed by atoms with E-state index < -0.39 is 0 Å². The first-order valence-corrected chi connectivity index (χ1v) is 10.7. The number of rotatable bonds is 7. The van der Waals surface area contributed by atoms with E-state index in [-0.39, 0.29) is 0 Å². The van der Waals surface area contributed by atoms with Gasteiger partial charge in [0.05, 0.1) is 18.9 Å². The van der Waals surface area contributed by atoms with E-state index in [0.717, 1.165) is 56.6 Å². The van der Waals surface area contributed by atoms with Gasteiger partial charge in [0.15, 0.2) is 0 Å². The van der Waals surface area contributed by atoms with Crippen LogP contribution in [0.4, 0.5) is 0 Å². The molecule has 5 heteroatoms. The summed E-state index contributed by atoms with van der Waals surface area (Å²) in [7, 11) is 0. The molecule has 1 aromatic heterocycles. The highest BCUT2D eigenvalue weighted by atomic mass is 32.1. The summed E-state index contributed by atoms with van der Waals surface area (Å²) in [5.41, 5.74) is 6.24. The minimum Gasteiger partial charge on any atom is -0.379 e. The van der Waals surface area contributed by atoms with E-state index in [2.05, 4.69) is 71.1 Å². The van der Waals surface area contributed by atoms with Crippen molar-refractivity contribution in [2.24, 2.45) is 0 Å². The molecular weight excluding hydrogens is 366 g/mol. The van der Waals surface area contributed by atoms with Gasteiger partial charge in [-0.2, -0.15) is 0 Å². The molecule has 0 saturated carbocycles. The predicted molar refractivity (Wildman–Crippen MR) is 115 cm³/mol. The summed E-state index contributed by atoms with van der Waals surface area (Å²) in [6.45, 7) is 8.53. The number of hydrogen-bond donors (Lipinski definition) is 1. The maximum atomic E-state index is 5.41. The number of morpholine rings is 1. The fourth-order valence-electron chi connectivity index (χ4n) is 3.33. The fourth-order valence-corrected chi connectivity index (χ4v) is 4.16. The molecule has 146 valence electrons. The Morgan fingerprint density at radius 2 is 1.68 bits per heavy atom. The van der Waals surface area contributed by atoms with Gasteiger partial charge in [0.25, 0.3) is 0 Å². The van der Waals surface area contributed by atoms with Crippen molar-refractivity contribution < 1.29 is 4.74 Å². The van der Waals surface area contributed by atoms with Crippen LogP contribution in [0.1, 0.15) is 22.4 Å². The minimum absolute atomic E-state index is 0.790. The van der Waals surface area contributed by atoms with Crippen LogP contribution in [0.15, 0.2) is 53.9 Å². The fraction of sp³-hybridized carbons (Fsp3) is 0.348. The molecule has 0 unspecified atom stereocenters. The maximum Gasteiger partial charge on any atom is 0.123 e. The molecule has 1 saturated heterocycles. The lowest BCUT2D eigenvalue weighted by Crippen LogP contribution is -2.35. The first-order valence-electron chi connectivity index (χ1n) is 9.86. The third kappa shape index (κ3) is 5.26. The van der Waals surface area contributed by atoms with Gasteiger partial charge in [-0.05, 0) is 18.1 Å². The molecule has 0 amide bonds. The molecule has 2 aromatic carbocycles. The zero-order valence-corrected chi connectivity index (χ0v) is 17.2. The number of aromatic nitrogens is 1. The highest BCUT2D eigenvalue weighted by Gasteiger charge is 2.10. The third-order valence-electron chi connectivity index (χ3n) is 5.02. The topological polar surface area (TPSA) is 37.4 Å². The van der Waals surface area contributed by atoms with Gasteiger partial charge < -0.3 is 10.1 Å². The van der Waals surface area contributed by atoms with Crippen LogP contribution in [0.2, 0.25) is 0 Å². The maximum absolute atomic E-state index is 5.41. The number of thiazole rings is 1. The van der Waals surface area contributed by atoms with Crippen molar-refractivity contribution in [3.8, 4) is 10.6 Å². The van der Waals surface area contributed by atoms with Crippen molar-refractivity contribution in [2.45, 2.75) is 26.6 Å².